The largest absolute Gasteiger partial charge is 0.371 e. The molecule has 0 aromatic carbocycles. The Labute approximate surface area is 99.1 Å². The van der Waals surface area contributed by atoms with Gasteiger partial charge >= 0.3 is 7.52 Å². The number of rotatable bonds is 8. The molecule has 0 rings (SSSR count). The minimum Gasteiger partial charge on any atom is -0.307 e. The van der Waals surface area contributed by atoms with Gasteiger partial charge in [-0.3, -0.25) is 4.57 Å². The van der Waals surface area contributed by atoms with E-state index in [-0.39, 0.29) is 6.04 Å². The molecule has 0 aliphatic heterocycles. The third-order valence-corrected chi connectivity index (χ3v) is 4.40. The Kier molecular flexibility index (Phi) is 7.66. The summed E-state index contributed by atoms with van der Waals surface area (Å²) in [6, 6.07) is 0.0621. The maximum atomic E-state index is 12.3. The van der Waals surface area contributed by atoms with Crippen molar-refractivity contribution in [2.75, 3.05) is 13.2 Å². The van der Waals surface area contributed by atoms with Crippen molar-refractivity contribution in [3.05, 3.63) is 0 Å². The Morgan fingerprint density at radius 2 is 2.00 bits per heavy atom. The summed E-state index contributed by atoms with van der Waals surface area (Å²) in [4.78, 5) is 0. The highest BCUT2D eigenvalue weighted by Gasteiger charge is 2.33. The smallest absolute Gasteiger partial charge is 0.307 e. The van der Waals surface area contributed by atoms with Crippen LogP contribution in [0, 0.1) is 11.1 Å². The Hall–Kier alpha value is -0.360. The van der Waals surface area contributed by atoms with Gasteiger partial charge in [0.25, 0.3) is 0 Å². The number of unbranched alkanes of at least 4 members (excludes halogenated alkanes) is 1. The lowest BCUT2D eigenvalue weighted by atomic mass is 10.4. The third-order valence-electron chi connectivity index (χ3n) is 2.28. The molecule has 0 spiro atoms. The summed E-state index contributed by atoms with van der Waals surface area (Å²) in [6.07, 6.45) is 2.67. The molecular weight excluding hydrogens is 223 g/mol. The lowest BCUT2D eigenvalue weighted by molar-refractivity contribution is 0.244. The first-order valence-corrected chi connectivity index (χ1v) is 7.52. The lowest BCUT2D eigenvalue weighted by Gasteiger charge is -2.29. The monoisotopic (exact) mass is 246 g/mol. The van der Waals surface area contributed by atoms with E-state index in [9.17, 15) is 4.57 Å². The fourth-order valence-corrected chi connectivity index (χ4v) is 3.18. The lowest BCUT2D eigenvalue weighted by Crippen LogP contribution is -2.29. The number of nitriles is 1. The van der Waals surface area contributed by atoms with Crippen molar-refractivity contribution in [3.63, 3.8) is 0 Å². The molecule has 5 heteroatoms. The fraction of sp³-hybridized carbons (Fsp3) is 0.909. The van der Waals surface area contributed by atoms with E-state index in [1.807, 2.05) is 33.5 Å². The van der Waals surface area contributed by atoms with E-state index in [0.717, 1.165) is 19.3 Å². The summed E-state index contributed by atoms with van der Waals surface area (Å²) >= 11 is 0. The van der Waals surface area contributed by atoms with Crippen LogP contribution in [-0.4, -0.2) is 23.9 Å². The molecule has 0 aliphatic carbocycles. The second-order valence-electron chi connectivity index (χ2n) is 4.06. The van der Waals surface area contributed by atoms with E-state index in [4.69, 9.17) is 9.79 Å². The molecule has 0 saturated heterocycles. The van der Waals surface area contributed by atoms with Gasteiger partial charge in [0.05, 0.1) is 6.61 Å². The molecule has 1 atom stereocenters. The molecule has 4 nitrogen and oxygen atoms in total. The summed E-state index contributed by atoms with van der Waals surface area (Å²) in [6.45, 7) is 8.94. The topological polar surface area (TPSA) is 53.3 Å². The van der Waals surface area contributed by atoms with Gasteiger partial charge < -0.3 is 4.52 Å². The minimum atomic E-state index is -3.27. The molecule has 0 saturated carbocycles. The van der Waals surface area contributed by atoms with Gasteiger partial charge in [0.15, 0.2) is 5.81 Å². The zero-order valence-corrected chi connectivity index (χ0v) is 11.7. The molecule has 16 heavy (non-hydrogen) atoms. The zero-order chi connectivity index (χ0) is 12.6. The second-order valence-corrected chi connectivity index (χ2v) is 6.08. The molecular formula is C11H23N2O2P. The summed E-state index contributed by atoms with van der Waals surface area (Å²) in [5, 5.41) is 9.05. The van der Waals surface area contributed by atoms with Crippen LogP contribution in [0.25, 0.3) is 0 Å². The van der Waals surface area contributed by atoms with Crippen molar-refractivity contribution in [2.45, 2.75) is 53.0 Å². The molecule has 0 fully saturated rings. The van der Waals surface area contributed by atoms with Gasteiger partial charge in [-0.15, -0.1) is 0 Å². The first kappa shape index (κ1) is 15.6. The Bertz CT molecular complexity index is 274. The Balaban J connectivity index is 4.63. The molecule has 1 unspecified atom stereocenters. The molecule has 0 heterocycles. The average Bonchev–Trinajstić information content (AvgIpc) is 2.25. The van der Waals surface area contributed by atoms with E-state index in [1.54, 1.807) is 4.67 Å². The van der Waals surface area contributed by atoms with Gasteiger partial charge in [-0.25, -0.2) is 4.67 Å². The van der Waals surface area contributed by atoms with Gasteiger partial charge in [0.2, 0.25) is 0 Å². The second kappa shape index (κ2) is 7.84. The fourth-order valence-electron chi connectivity index (χ4n) is 1.42. The molecule has 0 aliphatic rings. The predicted octanol–water partition coefficient (Wildman–Crippen LogP) is 3.60. The number of nitrogens with zero attached hydrogens (tertiary/aromatic N) is 2. The van der Waals surface area contributed by atoms with Crippen LogP contribution in [0.1, 0.15) is 47.0 Å². The van der Waals surface area contributed by atoms with Crippen LogP contribution in [0.5, 0.6) is 0 Å². The van der Waals surface area contributed by atoms with Crippen LogP contribution < -0.4 is 0 Å². The number of hydrogen-bond donors (Lipinski definition) is 0. The van der Waals surface area contributed by atoms with Crippen LogP contribution in [-0.2, 0) is 9.09 Å². The highest BCUT2D eigenvalue weighted by atomic mass is 31.2. The normalized spacial score (nSPS) is 15.1. The molecule has 94 valence electrons. The average molecular weight is 246 g/mol. The van der Waals surface area contributed by atoms with Crippen molar-refractivity contribution < 1.29 is 9.09 Å². The van der Waals surface area contributed by atoms with Crippen molar-refractivity contribution in [1.82, 2.24) is 4.67 Å². The first-order valence-electron chi connectivity index (χ1n) is 5.94. The van der Waals surface area contributed by atoms with Crippen LogP contribution in [0.3, 0.4) is 0 Å². The van der Waals surface area contributed by atoms with Crippen molar-refractivity contribution >= 4 is 7.52 Å². The molecule has 0 aromatic heterocycles. The van der Waals surface area contributed by atoms with Crippen LogP contribution in [0.4, 0.5) is 0 Å². The number of hydrogen-bond acceptors (Lipinski definition) is 3. The van der Waals surface area contributed by atoms with Crippen molar-refractivity contribution in [3.8, 4) is 5.81 Å². The van der Waals surface area contributed by atoms with Crippen LogP contribution in [0.15, 0.2) is 0 Å². The molecule has 0 N–H and O–H groups in total. The SMILES string of the molecule is CCCCOP(=O)(C#N)N(CCC)C(C)C. The highest BCUT2D eigenvalue weighted by Crippen LogP contribution is 2.50. The summed E-state index contributed by atoms with van der Waals surface area (Å²) in [5.41, 5.74) is 0. The predicted molar refractivity (Wildman–Crippen MR) is 66.2 cm³/mol. The van der Waals surface area contributed by atoms with E-state index in [0.29, 0.717) is 13.2 Å². The van der Waals surface area contributed by atoms with E-state index in [1.165, 1.54) is 0 Å². The summed E-state index contributed by atoms with van der Waals surface area (Å²) in [7, 11) is -3.27. The minimum absolute atomic E-state index is 0.0621. The third kappa shape index (κ3) is 4.65. The van der Waals surface area contributed by atoms with E-state index >= 15 is 0 Å². The Morgan fingerprint density at radius 1 is 1.38 bits per heavy atom. The molecule has 0 bridgehead atoms. The van der Waals surface area contributed by atoms with Gasteiger partial charge in [-0.05, 0) is 26.7 Å². The van der Waals surface area contributed by atoms with Gasteiger partial charge in [-0.2, -0.15) is 5.26 Å². The van der Waals surface area contributed by atoms with Gasteiger partial charge in [0.1, 0.15) is 0 Å². The standard InChI is InChI=1S/C11H23N2O2P/c1-5-7-9-15-16(14,10-12)13(8-6-2)11(3)4/h11H,5-9H2,1-4H3. The van der Waals surface area contributed by atoms with Gasteiger partial charge in [-0.1, -0.05) is 20.3 Å². The van der Waals surface area contributed by atoms with Crippen molar-refractivity contribution in [1.29, 1.82) is 5.26 Å². The van der Waals surface area contributed by atoms with Crippen molar-refractivity contribution in [2.24, 2.45) is 0 Å². The quantitative estimate of drug-likeness (QED) is 0.485. The summed E-state index contributed by atoms with van der Waals surface area (Å²) < 4.78 is 19.3. The van der Waals surface area contributed by atoms with E-state index in [2.05, 4.69) is 0 Å². The maximum absolute atomic E-state index is 12.3. The van der Waals surface area contributed by atoms with Gasteiger partial charge in [0, 0.05) is 12.6 Å². The van der Waals surface area contributed by atoms with E-state index < -0.39 is 7.52 Å². The van der Waals surface area contributed by atoms with Crippen LogP contribution >= 0.6 is 7.52 Å². The van der Waals surface area contributed by atoms with Crippen LogP contribution in [0.2, 0.25) is 0 Å². The maximum Gasteiger partial charge on any atom is 0.371 e. The molecule has 0 amide bonds. The molecule has 0 radical (unpaired) electrons. The Morgan fingerprint density at radius 3 is 2.38 bits per heavy atom. The summed E-state index contributed by atoms with van der Waals surface area (Å²) in [5.74, 6) is 1.86. The highest BCUT2D eigenvalue weighted by molar-refractivity contribution is 7.61. The first-order chi connectivity index (χ1) is 7.51. The zero-order valence-electron chi connectivity index (χ0n) is 10.8. The molecule has 0 aromatic rings.